The van der Waals surface area contributed by atoms with Crippen LogP contribution in [0.5, 0.6) is 0 Å². The second-order valence-electron chi connectivity index (χ2n) is 5.46. The summed E-state index contributed by atoms with van der Waals surface area (Å²) in [5.41, 5.74) is 0.868. The van der Waals surface area contributed by atoms with Crippen molar-refractivity contribution in [2.75, 3.05) is 26.3 Å². The Morgan fingerprint density at radius 3 is 2.25 bits per heavy atom. The molecule has 2 atom stereocenters. The van der Waals surface area contributed by atoms with Gasteiger partial charge in [-0.25, -0.2) is 0 Å². The number of nitrogens with zero attached hydrogens (tertiary/aromatic N) is 3. The number of hydrogen-bond donors (Lipinski definition) is 0. The highest BCUT2D eigenvalue weighted by Crippen LogP contribution is 2.22. The van der Waals surface area contributed by atoms with E-state index in [1.54, 1.807) is 0 Å². The second kappa shape index (κ2) is 7.13. The van der Waals surface area contributed by atoms with Crippen LogP contribution >= 0.6 is 23.1 Å². The Hall–Kier alpha value is -0.270. The molecule has 0 aromatic carbocycles. The van der Waals surface area contributed by atoms with Crippen LogP contribution in [0, 0.1) is 0 Å². The molecule has 7 heteroatoms. The lowest BCUT2D eigenvalue weighted by Gasteiger charge is -2.26. The van der Waals surface area contributed by atoms with Gasteiger partial charge in [-0.15, -0.1) is 5.10 Å². The van der Waals surface area contributed by atoms with Gasteiger partial charge in [0.25, 0.3) is 0 Å². The normalized spacial score (nSPS) is 26.7. The molecule has 2 aliphatic rings. The highest BCUT2D eigenvalue weighted by Gasteiger charge is 2.25. The van der Waals surface area contributed by atoms with Gasteiger partial charge in [-0.2, -0.15) is 0 Å². The standard InChI is InChI=1S/C13H20ClN3O2S/c14-13-12(15-16-20-13)9-17(7-10-3-1-5-18-10)8-11-4-2-6-19-11/h10-11H,1-9H2/t10-,11-/m1/s1. The van der Waals surface area contributed by atoms with Gasteiger partial charge < -0.3 is 9.47 Å². The van der Waals surface area contributed by atoms with E-state index in [9.17, 15) is 0 Å². The van der Waals surface area contributed by atoms with E-state index < -0.39 is 0 Å². The fourth-order valence-electron chi connectivity index (χ4n) is 2.86. The maximum atomic E-state index is 6.12. The van der Waals surface area contributed by atoms with Crippen LogP contribution in [-0.2, 0) is 16.0 Å². The van der Waals surface area contributed by atoms with Gasteiger partial charge in [0.1, 0.15) is 10.0 Å². The molecular weight excluding hydrogens is 298 g/mol. The molecule has 0 saturated carbocycles. The van der Waals surface area contributed by atoms with Crippen molar-refractivity contribution in [3.63, 3.8) is 0 Å². The molecule has 0 bridgehead atoms. The van der Waals surface area contributed by atoms with Gasteiger partial charge in [0.2, 0.25) is 0 Å². The third kappa shape index (κ3) is 3.89. The number of ether oxygens (including phenoxy) is 2. The lowest BCUT2D eigenvalue weighted by molar-refractivity contribution is 0.0341. The Bertz CT molecular complexity index is 402. The predicted molar refractivity (Wildman–Crippen MR) is 78.1 cm³/mol. The van der Waals surface area contributed by atoms with E-state index >= 15 is 0 Å². The topological polar surface area (TPSA) is 47.5 Å². The summed E-state index contributed by atoms with van der Waals surface area (Å²) in [5.74, 6) is 0. The average Bonchev–Trinajstić information content (AvgIpc) is 3.15. The number of halogens is 1. The van der Waals surface area contributed by atoms with Gasteiger partial charge in [0, 0.05) is 44.4 Å². The quantitative estimate of drug-likeness (QED) is 0.806. The molecular formula is C13H20ClN3O2S. The average molecular weight is 318 g/mol. The van der Waals surface area contributed by atoms with E-state index in [2.05, 4.69) is 14.5 Å². The van der Waals surface area contributed by atoms with E-state index in [4.69, 9.17) is 21.1 Å². The van der Waals surface area contributed by atoms with Crippen molar-refractivity contribution in [3.8, 4) is 0 Å². The van der Waals surface area contributed by atoms with Gasteiger partial charge in [-0.05, 0) is 25.7 Å². The van der Waals surface area contributed by atoms with E-state index in [0.29, 0.717) is 16.5 Å². The fourth-order valence-corrected chi connectivity index (χ4v) is 3.47. The first-order valence-electron chi connectivity index (χ1n) is 7.23. The van der Waals surface area contributed by atoms with E-state index in [-0.39, 0.29) is 0 Å². The zero-order chi connectivity index (χ0) is 13.8. The summed E-state index contributed by atoms with van der Waals surface area (Å²) in [4.78, 5) is 2.36. The molecule has 0 spiro atoms. The summed E-state index contributed by atoms with van der Waals surface area (Å²) in [5, 5.41) is 4.12. The van der Waals surface area contributed by atoms with Crippen LogP contribution in [0.2, 0.25) is 4.34 Å². The smallest absolute Gasteiger partial charge is 0.138 e. The van der Waals surface area contributed by atoms with Crippen molar-refractivity contribution in [3.05, 3.63) is 10.0 Å². The maximum absolute atomic E-state index is 6.12. The second-order valence-corrected chi connectivity index (χ2v) is 6.81. The van der Waals surface area contributed by atoms with Crippen LogP contribution in [0.1, 0.15) is 31.4 Å². The van der Waals surface area contributed by atoms with Crippen molar-refractivity contribution >= 4 is 23.1 Å². The molecule has 2 fully saturated rings. The van der Waals surface area contributed by atoms with Gasteiger partial charge >= 0.3 is 0 Å². The fraction of sp³-hybridized carbons (Fsp3) is 0.846. The molecule has 2 aliphatic heterocycles. The molecule has 20 heavy (non-hydrogen) atoms. The third-order valence-electron chi connectivity index (χ3n) is 3.85. The SMILES string of the molecule is Clc1snnc1CN(C[C@H]1CCCO1)C[C@H]1CCCO1. The van der Waals surface area contributed by atoms with Gasteiger partial charge in [0.05, 0.1) is 12.2 Å². The lowest BCUT2D eigenvalue weighted by atomic mass is 10.2. The first-order chi connectivity index (χ1) is 9.81. The zero-order valence-electron chi connectivity index (χ0n) is 11.5. The first kappa shape index (κ1) is 14.7. The Morgan fingerprint density at radius 2 is 1.80 bits per heavy atom. The first-order valence-corrected chi connectivity index (χ1v) is 8.38. The highest BCUT2D eigenvalue weighted by atomic mass is 35.5. The van der Waals surface area contributed by atoms with Crippen molar-refractivity contribution in [2.24, 2.45) is 0 Å². The van der Waals surface area contributed by atoms with Crippen molar-refractivity contribution < 1.29 is 9.47 Å². The summed E-state index contributed by atoms with van der Waals surface area (Å²) >= 11 is 7.37. The minimum Gasteiger partial charge on any atom is -0.377 e. The Kier molecular flexibility index (Phi) is 5.23. The third-order valence-corrected chi connectivity index (χ3v) is 4.84. The van der Waals surface area contributed by atoms with Crippen molar-refractivity contribution in [2.45, 2.75) is 44.4 Å². The van der Waals surface area contributed by atoms with Crippen LogP contribution in [0.15, 0.2) is 0 Å². The molecule has 112 valence electrons. The van der Waals surface area contributed by atoms with Crippen LogP contribution in [-0.4, -0.2) is 53.0 Å². The lowest BCUT2D eigenvalue weighted by Crippen LogP contribution is -2.37. The molecule has 1 aromatic rings. The number of hydrogen-bond acceptors (Lipinski definition) is 6. The van der Waals surface area contributed by atoms with Crippen molar-refractivity contribution in [1.82, 2.24) is 14.5 Å². The monoisotopic (exact) mass is 317 g/mol. The molecule has 5 nitrogen and oxygen atoms in total. The molecule has 0 N–H and O–H groups in total. The molecule has 3 rings (SSSR count). The van der Waals surface area contributed by atoms with Gasteiger partial charge in [-0.3, -0.25) is 4.90 Å². The summed E-state index contributed by atoms with van der Waals surface area (Å²) < 4.78 is 16.1. The van der Waals surface area contributed by atoms with E-state index in [0.717, 1.165) is 64.2 Å². The molecule has 2 saturated heterocycles. The molecule has 0 amide bonds. The van der Waals surface area contributed by atoms with Crippen LogP contribution in [0.3, 0.4) is 0 Å². The largest absolute Gasteiger partial charge is 0.377 e. The van der Waals surface area contributed by atoms with Crippen LogP contribution in [0.25, 0.3) is 0 Å². The molecule has 3 heterocycles. The predicted octanol–water partition coefficient (Wildman–Crippen LogP) is 2.35. The van der Waals surface area contributed by atoms with Gasteiger partial charge in [0.15, 0.2) is 0 Å². The Morgan fingerprint density at radius 1 is 1.15 bits per heavy atom. The van der Waals surface area contributed by atoms with Gasteiger partial charge in [-0.1, -0.05) is 16.1 Å². The summed E-state index contributed by atoms with van der Waals surface area (Å²) in [6, 6.07) is 0. The minimum atomic E-state index is 0.335. The Balaban J connectivity index is 1.60. The zero-order valence-corrected chi connectivity index (χ0v) is 13.0. The van der Waals surface area contributed by atoms with Crippen molar-refractivity contribution in [1.29, 1.82) is 0 Å². The highest BCUT2D eigenvalue weighted by molar-refractivity contribution is 7.10. The number of aromatic nitrogens is 2. The van der Waals surface area contributed by atoms with E-state index in [1.807, 2.05) is 0 Å². The van der Waals surface area contributed by atoms with Crippen LogP contribution < -0.4 is 0 Å². The van der Waals surface area contributed by atoms with Crippen LogP contribution in [0.4, 0.5) is 0 Å². The summed E-state index contributed by atoms with van der Waals surface area (Å²) in [6.45, 7) is 4.35. The molecule has 0 radical (unpaired) electrons. The molecule has 0 aliphatic carbocycles. The number of rotatable bonds is 6. The van der Waals surface area contributed by atoms with E-state index in [1.165, 1.54) is 11.5 Å². The molecule has 0 unspecified atom stereocenters. The maximum Gasteiger partial charge on any atom is 0.138 e. The Labute approximate surface area is 128 Å². The summed E-state index contributed by atoms with van der Waals surface area (Å²) in [7, 11) is 0. The molecule has 1 aromatic heterocycles. The minimum absolute atomic E-state index is 0.335. The summed E-state index contributed by atoms with van der Waals surface area (Å²) in [6.07, 6.45) is 5.29.